The van der Waals surface area contributed by atoms with E-state index in [4.69, 9.17) is 10.2 Å². The van der Waals surface area contributed by atoms with Gasteiger partial charge in [0.15, 0.2) is 5.41 Å². The summed E-state index contributed by atoms with van der Waals surface area (Å²) in [5, 5.41) is 17.9. The van der Waals surface area contributed by atoms with Crippen LogP contribution in [0.2, 0.25) is 0 Å². The third-order valence-corrected chi connectivity index (χ3v) is 3.72. The molecule has 0 unspecified atom stereocenters. The second kappa shape index (κ2) is 9.82. The predicted molar refractivity (Wildman–Crippen MR) is 75.2 cm³/mol. The standard InChI is InChI=1S/C15H28O4/c1-3-4-5-6-7-8-9-10-11-12-15(2,13(16)17)14(18)19/h3-12H2,1-2H3,(H,16,17)(H,18,19). The van der Waals surface area contributed by atoms with Gasteiger partial charge >= 0.3 is 11.9 Å². The first kappa shape index (κ1) is 17.9. The number of carbonyl (C=O) groups is 2. The molecule has 0 radical (unpaired) electrons. The number of aliphatic carboxylic acids is 2. The van der Waals surface area contributed by atoms with Gasteiger partial charge in [-0.3, -0.25) is 9.59 Å². The third kappa shape index (κ3) is 7.19. The van der Waals surface area contributed by atoms with E-state index in [0.717, 1.165) is 12.8 Å². The van der Waals surface area contributed by atoms with E-state index in [1.807, 2.05) is 0 Å². The smallest absolute Gasteiger partial charge is 0.320 e. The molecule has 0 spiro atoms. The van der Waals surface area contributed by atoms with Gasteiger partial charge in [0.25, 0.3) is 0 Å². The zero-order chi connectivity index (χ0) is 14.7. The maximum absolute atomic E-state index is 10.9. The van der Waals surface area contributed by atoms with Crippen molar-refractivity contribution < 1.29 is 19.8 Å². The number of hydrogen-bond donors (Lipinski definition) is 2. The number of carboxylic acid groups (broad SMARTS) is 2. The molecule has 0 atom stereocenters. The fourth-order valence-corrected chi connectivity index (χ4v) is 2.09. The summed E-state index contributed by atoms with van der Waals surface area (Å²) in [6, 6.07) is 0. The Morgan fingerprint density at radius 2 is 1.16 bits per heavy atom. The molecule has 0 fully saturated rings. The molecule has 0 aromatic heterocycles. The van der Waals surface area contributed by atoms with Crippen LogP contribution in [0.4, 0.5) is 0 Å². The summed E-state index contributed by atoms with van der Waals surface area (Å²) in [4.78, 5) is 21.9. The largest absolute Gasteiger partial charge is 0.480 e. The van der Waals surface area contributed by atoms with Crippen molar-refractivity contribution >= 4 is 11.9 Å². The van der Waals surface area contributed by atoms with Gasteiger partial charge < -0.3 is 10.2 Å². The zero-order valence-corrected chi connectivity index (χ0v) is 12.3. The van der Waals surface area contributed by atoms with E-state index in [0.29, 0.717) is 6.42 Å². The maximum atomic E-state index is 10.9. The van der Waals surface area contributed by atoms with Gasteiger partial charge in [0.1, 0.15) is 0 Å². The van der Waals surface area contributed by atoms with Crippen LogP contribution >= 0.6 is 0 Å². The lowest BCUT2D eigenvalue weighted by atomic mass is 9.85. The Kier molecular flexibility index (Phi) is 9.27. The van der Waals surface area contributed by atoms with Gasteiger partial charge in [0.05, 0.1) is 0 Å². The first-order chi connectivity index (χ1) is 8.95. The Labute approximate surface area is 116 Å². The van der Waals surface area contributed by atoms with Gasteiger partial charge in [-0.05, 0) is 13.3 Å². The normalized spacial score (nSPS) is 11.5. The van der Waals surface area contributed by atoms with Crippen molar-refractivity contribution in [1.29, 1.82) is 0 Å². The first-order valence-corrected chi connectivity index (χ1v) is 7.42. The fourth-order valence-electron chi connectivity index (χ4n) is 2.09. The monoisotopic (exact) mass is 272 g/mol. The topological polar surface area (TPSA) is 74.6 Å². The van der Waals surface area contributed by atoms with Gasteiger partial charge in [0.2, 0.25) is 0 Å². The lowest BCUT2D eigenvalue weighted by Gasteiger charge is -2.19. The van der Waals surface area contributed by atoms with Crippen LogP contribution in [0.3, 0.4) is 0 Å². The number of carboxylic acids is 2. The molecule has 0 aliphatic rings. The van der Waals surface area contributed by atoms with Crippen LogP contribution < -0.4 is 0 Å². The van der Waals surface area contributed by atoms with E-state index in [2.05, 4.69) is 6.92 Å². The van der Waals surface area contributed by atoms with Crippen LogP contribution in [0.5, 0.6) is 0 Å². The molecule has 0 rings (SSSR count). The average molecular weight is 272 g/mol. The summed E-state index contributed by atoms with van der Waals surface area (Å²) in [5.74, 6) is -2.47. The summed E-state index contributed by atoms with van der Waals surface area (Å²) in [6.07, 6.45) is 10.4. The molecule has 4 nitrogen and oxygen atoms in total. The van der Waals surface area contributed by atoms with E-state index in [-0.39, 0.29) is 6.42 Å². The maximum Gasteiger partial charge on any atom is 0.320 e. The zero-order valence-electron chi connectivity index (χ0n) is 12.3. The summed E-state index contributed by atoms with van der Waals surface area (Å²) >= 11 is 0. The van der Waals surface area contributed by atoms with Crippen LogP contribution in [0.1, 0.15) is 78.1 Å². The molecule has 0 saturated heterocycles. The predicted octanol–water partition coefficient (Wildman–Crippen LogP) is 4.08. The molecule has 0 aliphatic heterocycles. The first-order valence-electron chi connectivity index (χ1n) is 7.42. The highest BCUT2D eigenvalue weighted by Crippen LogP contribution is 2.25. The Bertz CT molecular complexity index is 259. The minimum Gasteiger partial charge on any atom is -0.480 e. The molecule has 0 aromatic carbocycles. The van der Waals surface area contributed by atoms with Gasteiger partial charge in [-0.1, -0.05) is 64.7 Å². The minimum atomic E-state index is -1.62. The van der Waals surface area contributed by atoms with Gasteiger partial charge in [-0.15, -0.1) is 0 Å². The Morgan fingerprint density at radius 3 is 1.53 bits per heavy atom. The molecule has 2 N–H and O–H groups in total. The van der Waals surface area contributed by atoms with Crippen LogP contribution in [-0.4, -0.2) is 22.2 Å². The van der Waals surface area contributed by atoms with Crippen LogP contribution in [0.25, 0.3) is 0 Å². The van der Waals surface area contributed by atoms with Crippen molar-refractivity contribution in [2.24, 2.45) is 5.41 Å². The Hall–Kier alpha value is -1.06. The van der Waals surface area contributed by atoms with Gasteiger partial charge in [-0.2, -0.15) is 0 Å². The van der Waals surface area contributed by atoms with Crippen molar-refractivity contribution in [1.82, 2.24) is 0 Å². The number of rotatable bonds is 12. The molecular weight excluding hydrogens is 244 g/mol. The van der Waals surface area contributed by atoms with E-state index >= 15 is 0 Å². The highest BCUT2D eigenvalue weighted by molar-refractivity contribution is 5.97. The quantitative estimate of drug-likeness (QED) is 0.414. The van der Waals surface area contributed by atoms with Crippen molar-refractivity contribution in [3.05, 3.63) is 0 Å². The molecule has 0 bridgehead atoms. The van der Waals surface area contributed by atoms with Crippen LogP contribution in [-0.2, 0) is 9.59 Å². The third-order valence-electron chi connectivity index (χ3n) is 3.72. The minimum absolute atomic E-state index is 0.216. The van der Waals surface area contributed by atoms with Gasteiger partial charge in [-0.25, -0.2) is 0 Å². The lowest BCUT2D eigenvalue weighted by molar-refractivity contribution is -0.163. The second-order valence-electron chi connectivity index (χ2n) is 5.52. The van der Waals surface area contributed by atoms with E-state index in [1.165, 1.54) is 45.4 Å². The molecule has 112 valence electrons. The van der Waals surface area contributed by atoms with Crippen molar-refractivity contribution in [3.63, 3.8) is 0 Å². The highest BCUT2D eigenvalue weighted by Gasteiger charge is 2.40. The highest BCUT2D eigenvalue weighted by atomic mass is 16.4. The molecular formula is C15H28O4. The lowest BCUT2D eigenvalue weighted by Crippen LogP contribution is -2.36. The molecule has 0 amide bonds. The van der Waals surface area contributed by atoms with Crippen molar-refractivity contribution in [3.8, 4) is 0 Å². The molecule has 19 heavy (non-hydrogen) atoms. The van der Waals surface area contributed by atoms with Gasteiger partial charge in [0, 0.05) is 0 Å². The summed E-state index contributed by atoms with van der Waals surface area (Å²) in [5.41, 5.74) is -1.62. The van der Waals surface area contributed by atoms with Crippen LogP contribution in [0, 0.1) is 5.41 Å². The van der Waals surface area contributed by atoms with Crippen LogP contribution in [0.15, 0.2) is 0 Å². The Morgan fingerprint density at radius 1 is 0.789 bits per heavy atom. The van der Waals surface area contributed by atoms with E-state index in [9.17, 15) is 9.59 Å². The molecule has 0 aliphatic carbocycles. The summed E-state index contributed by atoms with van der Waals surface area (Å²) in [7, 11) is 0. The molecule has 0 saturated carbocycles. The fraction of sp³-hybridized carbons (Fsp3) is 0.867. The molecule has 0 heterocycles. The second-order valence-corrected chi connectivity index (χ2v) is 5.52. The molecule has 0 aromatic rings. The van der Waals surface area contributed by atoms with E-state index < -0.39 is 17.4 Å². The number of hydrogen-bond acceptors (Lipinski definition) is 2. The summed E-state index contributed by atoms with van der Waals surface area (Å²) in [6.45, 7) is 3.49. The van der Waals surface area contributed by atoms with Crippen molar-refractivity contribution in [2.75, 3.05) is 0 Å². The van der Waals surface area contributed by atoms with Crippen molar-refractivity contribution in [2.45, 2.75) is 78.1 Å². The summed E-state index contributed by atoms with van der Waals surface area (Å²) < 4.78 is 0. The Balaban J connectivity index is 3.62. The van der Waals surface area contributed by atoms with E-state index in [1.54, 1.807) is 0 Å². The number of unbranched alkanes of at least 4 members (excludes halogenated alkanes) is 8. The SMILES string of the molecule is CCCCCCCCCCCC(C)(C(=O)O)C(=O)O. The molecule has 4 heteroatoms. The average Bonchev–Trinajstić information content (AvgIpc) is 2.36.